The van der Waals surface area contributed by atoms with Gasteiger partial charge in [-0.25, -0.2) is 0 Å². The molecule has 0 atom stereocenters. The van der Waals surface area contributed by atoms with Crippen LogP contribution in [0.1, 0.15) is 12.5 Å². The summed E-state index contributed by atoms with van der Waals surface area (Å²) in [6.45, 7) is 3.45. The van der Waals surface area contributed by atoms with Crippen molar-refractivity contribution in [3.8, 4) is 0 Å². The lowest BCUT2D eigenvalue weighted by Crippen LogP contribution is -2.29. The standard InChI is InChI=1S/C13H18BrNO2/c1-3-17-13(16)10-15(2)8-7-11-5-4-6-12(14)9-11/h4-6,9H,3,7-8,10H2,1-2H3. The molecule has 0 spiro atoms. The molecule has 0 amide bonds. The Morgan fingerprint density at radius 1 is 1.47 bits per heavy atom. The van der Waals surface area contributed by atoms with Crippen molar-refractivity contribution in [1.82, 2.24) is 4.90 Å². The van der Waals surface area contributed by atoms with Gasteiger partial charge in [0.15, 0.2) is 0 Å². The summed E-state index contributed by atoms with van der Waals surface area (Å²) < 4.78 is 5.98. The van der Waals surface area contributed by atoms with E-state index < -0.39 is 0 Å². The van der Waals surface area contributed by atoms with Crippen LogP contribution in [-0.4, -0.2) is 37.6 Å². The molecule has 1 aromatic carbocycles. The van der Waals surface area contributed by atoms with Crippen LogP contribution < -0.4 is 0 Å². The minimum atomic E-state index is -0.163. The van der Waals surface area contributed by atoms with Crippen LogP contribution >= 0.6 is 15.9 Å². The van der Waals surface area contributed by atoms with Crippen LogP contribution in [0.25, 0.3) is 0 Å². The summed E-state index contributed by atoms with van der Waals surface area (Å²) in [7, 11) is 1.93. The number of likely N-dealkylation sites (N-methyl/N-ethyl adjacent to an activating group) is 1. The normalized spacial score (nSPS) is 10.6. The number of halogens is 1. The molecular weight excluding hydrogens is 282 g/mol. The molecule has 0 N–H and O–H groups in total. The monoisotopic (exact) mass is 299 g/mol. The van der Waals surface area contributed by atoms with Crippen molar-refractivity contribution in [2.24, 2.45) is 0 Å². The molecule has 0 aromatic heterocycles. The third kappa shape index (κ3) is 5.84. The van der Waals surface area contributed by atoms with E-state index in [0.717, 1.165) is 17.4 Å². The van der Waals surface area contributed by atoms with Gasteiger partial charge in [-0.2, -0.15) is 0 Å². The number of benzene rings is 1. The molecule has 0 aliphatic carbocycles. The molecule has 94 valence electrons. The van der Waals surface area contributed by atoms with Crippen LogP contribution in [0.3, 0.4) is 0 Å². The fourth-order valence-electron chi connectivity index (χ4n) is 1.52. The maximum Gasteiger partial charge on any atom is 0.320 e. The predicted molar refractivity (Wildman–Crippen MR) is 72.0 cm³/mol. The molecule has 4 heteroatoms. The van der Waals surface area contributed by atoms with Gasteiger partial charge in [0.2, 0.25) is 0 Å². The molecule has 0 fully saturated rings. The highest BCUT2D eigenvalue weighted by Crippen LogP contribution is 2.12. The molecule has 1 aromatic rings. The van der Waals surface area contributed by atoms with Crippen LogP contribution in [0.15, 0.2) is 28.7 Å². The van der Waals surface area contributed by atoms with Gasteiger partial charge in [-0.3, -0.25) is 9.69 Å². The molecule has 0 saturated heterocycles. The molecule has 0 aliphatic heterocycles. The molecule has 0 saturated carbocycles. The molecule has 0 bridgehead atoms. The average molecular weight is 300 g/mol. The van der Waals surface area contributed by atoms with Crippen molar-refractivity contribution >= 4 is 21.9 Å². The largest absolute Gasteiger partial charge is 0.465 e. The Kier molecular flexibility index (Phi) is 6.22. The molecule has 1 rings (SSSR count). The molecule has 0 aliphatic rings. The van der Waals surface area contributed by atoms with Crippen LogP contribution in [-0.2, 0) is 16.0 Å². The van der Waals surface area contributed by atoms with Crippen molar-refractivity contribution in [2.45, 2.75) is 13.3 Å². The third-order valence-electron chi connectivity index (χ3n) is 2.38. The summed E-state index contributed by atoms with van der Waals surface area (Å²) in [6.07, 6.45) is 0.926. The molecular formula is C13H18BrNO2. The zero-order chi connectivity index (χ0) is 12.7. The van der Waals surface area contributed by atoms with Crippen LogP contribution in [0.4, 0.5) is 0 Å². The average Bonchev–Trinajstić information content (AvgIpc) is 2.27. The van der Waals surface area contributed by atoms with Crippen LogP contribution in [0.2, 0.25) is 0 Å². The molecule has 0 unspecified atom stereocenters. The second kappa shape index (κ2) is 7.45. The van der Waals surface area contributed by atoms with Crippen LogP contribution in [0, 0.1) is 0 Å². The summed E-state index contributed by atoms with van der Waals surface area (Å²) in [6, 6.07) is 8.21. The highest BCUT2D eigenvalue weighted by atomic mass is 79.9. The van der Waals surface area contributed by atoms with Gasteiger partial charge in [-0.15, -0.1) is 0 Å². The summed E-state index contributed by atoms with van der Waals surface area (Å²) in [5, 5.41) is 0. The van der Waals surface area contributed by atoms with Gasteiger partial charge in [0.1, 0.15) is 0 Å². The molecule has 0 radical (unpaired) electrons. The Hall–Kier alpha value is -0.870. The van der Waals surface area contributed by atoms with E-state index in [1.54, 1.807) is 0 Å². The van der Waals surface area contributed by atoms with E-state index >= 15 is 0 Å². The first-order valence-electron chi connectivity index (χ1n) is 5.70. The van der Waals surface area contributed by atoms with Gasteiger partial charge in [0.05, 0.1) is 13.2 Å². The summed E-state index contributed by atoms with van der Waals surface area (Å²) in [5.74, 6) is -0.163. The van der Waals surface area contributed by atoms with Gasteiger partial charge < -0.3 is 4.74 Å². The Balaban J connectivity index is 2.33. The Morgan fingerprint density at radius 3 is 2.88 bits per heavy atom. The smallest absolute Gasteiger partial charge is 0.320 e. The zero-order valence-corrected chi connectivity index (χ0v) is 11.9. The van der Waals surface area contributed by atoms with E-state index in [4.69, 9.17) is 4.74 Å². The predicted octanol–water partition coefficient (Wildman–Crippen LogP) is 2.49. The van der Waals surface area contributed by atoms with Crippen molar-refractivity contribution in [3.63, 3.8) is 0 Å². The highest BCUT2D eigenvalue weighted by Gasteiger charge is 2.06. The lowest BCUT2D eigenvalue weighted by atomic mass is 10.1. The Morgan fingerprint density at radius 2 is 2.24 bits per heavy atom. The van der Waals surface area contributed by atoms with Crippen LogP contribution in [0.5, 0.6) is 0 Å². The zero-order valence-electron chi connectivity index (χ0n) is 10.3. The van der Waals surface area contributed by atoms with E-state index in [2.05, 4.69) is 28.1 Å². The Labute approximate surface area is 111 Å². The maximum absolute atomic E-state index is 11.2. The molecule has 3 nitrogen and oxygen atoms in total. The number of rotatable bonds is 6. The fraction of sp³-hybridized carbons (Fsp3) is 0.462. The SMILES string of the molecule is CCOC(=O)CN(C)CCc1cccc(Br)c1. The highest BCUT2D eigenvalue weighted by molar-refractivity contribution is 9.10. The second-order valence-corrected chi connectivity index (χ2v) is 4.84. The molecule has 17 heavy (non-hydrogen) atoms. The number of ether oxygens (including phenoxy) is 1. The number of nitrogens with zero attached hydrogens (tertiary/aromatic N) is 1. The third-order valence-corrected chi connectivity index (χ3v) is 2.87. The summed E-state index contributed by atoms with van der Waals surface area (Å²) in [4.78, 5) is 13.2. The van der Waals surface area contributed by atoms with Crippen molar-refractivity contribution in [1.29, 1.82) is 0 Å². The summed E-state index contributed by atoms with van der Waals surface area (Å²) >= 11 is 3.44. The van der Waals surface area contributed by atoms with E-state index in [1.165, 1.54) is 5.56 Å². The van der Waals surface area contributed by atoms with E-state index in [9.17, 15) is 4.79 Å². The lowest BCUT2D eigenvalue weighted by Gasteiger charge is -2.15. The van der Waals surface area contributed by atoms with E-state index in [-0.39, 0.29) is 5.97 Å². The number of esters is 1. The first-order chi connectivity index (χ1) is 8.11. The number of carbonyl (C=O) groups excluding carboxylic acids is 1. The number of hydrogen-bond donors (Lipinski definition) is 0. The second-order valence-electron chi connectivity index (χ2n) is 3.92. The topological polar surface area (TPSA) is 29.5 Å². The van der Waals surface area contributed by atoms with Gasteiger partial charge in [0.25, 0.3) is 0 Å². The molecule has 0 heterocycles. The number of hydrogen-bond acceptors (Lipinski definition) is 3. The first-order valence-corrected chi connectivity index (χ1v) is 6.49. The minimum Gasteiger partial charge on any atom is -0.465 e. The van der Waals surface area contributed by atoms with E-state index in [0.29, 0.717) is 13.2 Å². The fourth-order valence-corrected chi connectivity index (χ4v) is 1.97. The van der Waals surface area contributed by atoms with Crippen molar-refractivity contribution in [2.75, 3.05) is 26.7 Å². The summed E-state index contributed by atoms with van der Waals surface area (Å²) in [5.41, 5.74) is 1.26. The maximum atomic E-state index is 11.2. The van der Waals surface area contributed by atoms with Gasteiger partial charge in [0, 0.05) is 11.0 Å². The lowest BCUT2D eigenvalue weighted by molar-refractivity contribution is -0.144. The first kappa shape index (κ1) is 14.2. The van der Waals surface area contributed by atoms with Gasteiger partial charge in [-0.1, -0.05) is 28.1 Å². The van der Waals surface area contributed by atoms with Gasteiger partial charge >= 0.3 is 5.97 Å². The van der Waals surface area contributed by atoms with Crippen molar-refractivity contribution < 1.29 is 9.53 Å². The Bertz CT molecular complexity index is 368. The number of carbonyl (C=O) groups is 1. The quantitative estimate of drug-likeness (QED) is 0.756. The van der Waals surface area contributed by atoms with Crippen molar-refractivity contribution in [3.05, 3.63) is 34.3 Å². The van der Waals surface area contributed by atoms with Gasteiger partial charge in [-0.05, 0) is 38.1 Å². The minimum absolute atomic E-state index is 0.163. The van der Waals surface area contributed by atoms with E-state index in [1.807, 2.05) is 31.0 Å².